The molecule has 7 aliphatic rings. The zero-order valence-corrected chi connectivity index (χ0v) is 34.0. The van der Waals surface area contributed by atoms with Crippen LogP contribution < -0.4 is 0 Å². The Morgan fingerprint density at radius 2 is 1.43 bits per heavy atom. The molecule has 6 fully saturated rings. The summed E-state index contributed by atoms with van der Waals surface area (Å²) in [4.78, 5) is 25.2. The smallest absolute Gasteiger partial charge is 0.335 e. The van der Waals surface area contributed by atoms with E-state index in [1.807, 2.05) is 0 Å². The Balaban J connectivity index is 1.16. The van der Waals surface area contributed by atoms with Crippen LogP contribution in [0.4, 0.5) is 0 Å². The van der Waals surface area contributed by atoms with Gasteiger partial charge in [0.1, 0.15) is 42.7 Å². The fourth-order valence-corrected chi connectivity index (χ4v) is 13.6. The van der Waals surface area contributed by atoms with Crippen LogP contribution in [0.15, 0.2) is 11.6 Å². The van der Waals surface area contributed by atoms with Crippen molar-refractivity contribution in [1.29, 1.82) is 0 Å². The van der Waals surface area contributed by atoms with Crippen LogP contribution in [0.3, 0.4) is 0 Å². The molecule has 5 aliphatic carbocycles. The maximum atomic E-state index is 13.1. The lowest BCUT2D eigenvalue weighted by Crippen LogP contribution is -2.67. The summed E-state index contributed by atoms with van der Waals surface area (Å²) < 4.78 is 23.9. The van der Waals surface area contributed by atoms with Crippen molar-refractivity contribution in [2.75, 3.05) is 6.61 Å². The Kier molecular flexibility index (Phi) is 10.8. The topological polar surface area (TPSA) is 233 Å². The quantitative estimate of drug-likeness (QED) is 0.137. The molecule has 318 valence electrons. The molecule has 4 saturated carbocycles. The van der Waals surface area contributed by atoms with Gasteiger partial charge in [0, 0.05) is 0 Å². The number of aliphatic carboxylic acids is 2. The summed E-state index contributed by atoms with van der Waals surface area (Å²) in [6, 6.07) is 0. The molecule has 2 aliphatic heterocycles. The third kappa shape index (κ3) is 6.17. The largest absolute Gasteiger partial charge is 0.481 e. The average molecular weight is 795 g/mol. The number of carboxylic acid groups (broad SMARTS) is 2. The van der Waals surface area contributed by atoms with Gasteiger partial charge in [-0.2, -0.15) is 0 Å². The maximum Gasteiger partial charge on any atom is 0.335 e. The van der Waals surface area contributed by atoms with E-state index in [0.29, 0.717) is 25.2 Å². The van der Waals surface area contributed by atoms with Gasteiger partial charge < -0.3 is 59.8 Å². The highest BCUT2D eigenvalue weighted by atomic mass is 16.8. The number of hydrogen-bond donors (Lipinski definition) is 8. The van der Waals surface area contributed by atoms with E-state index in [1.54, 1.807) is 0 Å². The molecule has 18 unspecified atom stereocenters. The van der Waals surface area contributed by atoms with Crippen molar-refractivity contribution in [2.24, 2.45) is 50.2 Å². The Morgan fingerprint density at radius 1 is 0.750 bits per heavy atom. The van der Waals surface area contributed by atoms with E-state index in [2.05, 4.69) is 54.5 Å². The van der Waals surface area contributed by atoms with Crippen LogP contribution in [-0.2, 0) is 28.5 Å². The fourth-order valence-electron chi connectivity index (χ4n) is 13.6. The van der Waals surface area contributed by atoms with Crippen molar-refractivity contribution >= 4 is 11.9 Å². The van der Waals surface area contributed by atoms with Crippen LogP contribution in [0.5, 0.6) is 0 Å². The van der Waals surface area contributed by atoms with Gasteiger partial charge in [-0.25, -0.2) is 4.79 Å². The Hall–Kier alpha value is -1.72. The van der Waals surface area contributed by atoms with E-state index in [0.717, 1.165) is 44.9 Å². The molecule has 0 radical (unpaired) electrons. The van der Waals surface area contributed by atoms with Crippen molar-refractivity contribution in [3.05, 3.63) is 11.6 Å². The van der Waals surface area contributed by atoms with E-state index >= 15 is 0 Å². The monoisotopic (exact) mass is 794 g/mol. The molecule has 0 amide bonds. The highest BCUT2D eigenvalue weighted by Gasteiger charge is 2.70. The number of hydrogen-bond acceptors (Lipinski definition) is 12. The summed E-state index contributed by atoms with van der Waals surface area (Å²) in [5, 5.41) is 83.8. The molecule has 56 heavy (non-hydrogen) atoms. The summed E-state index contributed by atoms with van der Waals surface area (Å²) in [5.74, 6) is -1.66. The van der Waals surface area contributed by atoms with Crippen LogP contribution in [-0.4, -0.2) is 127 Å². The Bertz CT molecular complexity index is 1560. The molecule has 2 saturated heterocycles. The number of aliphatic hydroxyl groups is 6. The molecule has 14 nitrogen and oxygen atoms in total. The summed E-state index contributed by atoms with van der Waals surface area (Å²) >= 11 is 0. The molecular formula is C42H66O14. The van der Waals surface area contributed by atoms with Gasteiger partial charge in [-0.1, -0.05) is 60.1 Å². The first-order valence-electron chi connectivity index (χ1n) is 20.8. The first-order valence-corrected chi connectivity index (χ1v) is 20.8. The Morgan fingerprint density at radius 3 is 2.07 bits per heavy atom. The molecule has 0 spiro atoms. The van der Waals surface area contributed by atoms with Gasteiger partial charge in [0.05, 0.1) is 18.1 Å². The molecule has 18 atom stereocenters. The molecule has 7 rings (SSSR count). The lowest BCUT2D eigenvalue weighted by molar-refractivity contribution is -0.374. The van der Waals surface area contributed by atoms with Gasteiger partial charge in [0.25, 0.3) is 0 Å². The molecule has 0 aromatic rings. The van der Waals surface area contributed by atoms with Crippen molar-refractivity contribution in [1.82, 2.24) is 0 Å². The zero-order valence-electron chi connectivity index (χ0n) is 34.0. The van der Waals surface area contributed by atoms with Crippen molar-refractivity contribution in [2.45, 2.75) is 180 Å². The third-order valence-electron chi connectivity index (χ3n) is 17.2. The van der Waals surface area contributed by atoms with Crippen LogP contribution in [0.1, 0.15) is 113 Å². The predicted octanol–water partition coefficient (Wildman–Crippen LogP) is 2.97. The first kappa shape index (κ1) is 42.4. The van der Waals surface area contributed by atoms with E-state index in [1.165, 1.54) is 5.57 Å². The summed E-state index contributed by atoms with van der Waals surface area (Å²) in [6.07, 6.45) is -6.99. The number of rotatable bonds is 7. The van der Waals surface area contributed by atoms with Gasteiger partial charge in [-0.3, -0.25) is 4.79 Å². The first-order chi connectivity index (χ1) is 26.0. The minimum absolute atomic E-state index is 0.0171. The van der Waals surface area contributed by atoms with Crippen molar-refractivity contribution < 1.29 is 69.4 Å². The number of allylic oxidation sites excluding steroid dienone is 2. The number of carboxylic acids is 2. The van der Waals surface area contributed by atoms with Crippen molar-refractivity contribution in [3.8, 4) is 0 Å². The van der Waals surface area contributed by atoms with Gasteiger partial charge in [0.2, 0.25) is 0 Å². The highest BCUT2D eigenvalue weighted by Crippen LogP contribution is 2.76. The molecule has 0 aromatic carbocycles. The lowest BCUT2D eigenvalue weighted by Gasteiger charge is -2.71. The summed E-state index contributed by atoms with van der Waals surface area (Å²) in [7, 11) is 0. The maximum absolute atomic E-state index is 13.1. The van der Waals surface area contributed by atoms with E-state index in [4.69, 9.17) is 18.9 Å². The normalized spacial score (nSPS) is 52.3. The second kappa shape index (κ2) is 14.2. The molecule has 0 aromatic heterocycles. The minimum Gasteiger partial charge on any atom is -0.481 e. The Labute approximate surface area is 329 Å². The molecule has 14 heteroatoms. The second-order valence-electron chi connectivity index (χ2n) is 20.7. The lowest BCUT2D eigenvalue weighted by atomic mass is 9.33. The van der Waals surface area contributed by atoms with Crippen LogP contribution in [0.2, 0.25) is 0 Å². The van der Waals surface area contributed by atoms with E-state index < -0.39 is 96.9 Å². The number of aliphatic hydroxyl groups excluding tert-OH is 6. The molecule has 0 bridgehead atoms. The molecule has 8 N–H and O–H groups in total. The van der Waals surface area contributed by atoms with Gasteiger partial charge >= 0.3 is 11.9 Å². The number of ether oxygens (including phenoxy) is 4. The third-order valence-corrected chi connectivity index (χ3v) is 17.2. The predicted molar refractivity (Wildman–Crippen MR) is 198 cm³/mol. The summed E-state index contributed by atoms with van der Waals surface area (Å²) in [5.41, 5.74) is -0.0913. The van der Waals surface area contributed by atoms with Crippen LogP contribution in [0, 0.1) is 50.2 Å². The van der Waals surface area contributed by atoms with Gasteiger partial charge in [-0.15, -0.1) is 0 Å². The van der Waals surface area contributed by atoms with E-state index in [9.17, 15) is 50.4 Å². The van der Waals surface area contributed by atoms with Gasteiger partial charge in [-0.05, 0) is 109 Å². The number of carbonyl (C=O) groups is 2. The number of fused-ring (bicyclic) bond motifs is 7. The van der Waals surface area contributed by atoms with Crippen molar-refractivity contribution in [3.63, 3.8) is 0 Å². The standard InChI is InChI=1S/C42H66O14/c1-37(2)14-16-42(36(51)52)17-15-40(6)20(21(42)18-37)8-9-24-39(5)12-11-25(38(3,4)23(39)10-13-41(24,40)7)54-35-32(29(47)28(46)31(55-35)33(49)50)56-34-30(48)27(45)26(44)22(19-43)53-34/h8,21-32,34-35,43-48H,9-19H2,1-7H3,(H,49,50)(H,51,52). The van der Waals surface area contributed by atoms with Gasteiger partial charge in [0.15, 0.2) is 18.7 Å². The summed E-state index contributed by atoms with van der Waals surface area (Å²) in [6.45, 7) is 15.4. The minimum atomic E-state index is -1.94. The van der Waals surface area contributed by atoms with E-state index in [-0.39, 0.29) is 33.5 Å². The highest BCUT2D eigenvalue weighted by molar-refractivity contribution is 5.76. The second-order valence-corrected chi connectivity index (χ2v) is 20.7. The van der Waals surface area contributed by atoms with Crippen LogP contribution >= 0.6 is 0 Å². The molecular weight excluding hydrogens is 728 g/mol. The molecule has 2 heterocycles. The SMILES string of the molecule is CC1(C)CCC2(C(=O)O)CCC3(C)C(=CCC4C5(C)CCC(OC6OC(C(=O)O)C(O)C(O)C6OC6OC(CO)C(O)C(O)C6O)C(C)(C)C5CCC43C)C2C1. The zero-order chi connectivity index (χ0) is 41.1. The van der Waals surface area contributed by atoms with Crippen LogP contribution in [0.25, 0.3) is 0 Å². The average Bonchev–Trinajstić information content (AvgIpc) is 3.12. The fraction of sp³-hybridized carbons (Fsp3) is 0.905.